The molecule has 5 rings (SSSR count). The number of carbonyl (C=O) groups is 3. The first-order chi connectivity index (χ1) is 20.2. The van der Waals surface area contributed by atoms with Crippen LogP contribution >= 0.6 is 0 Å². The zero-order valence-electron chi connectivity index (χ0n) is 22.4. The lowest BCUT2D eigenvalue weighted by Crippen LogP contribution is -2.45. The molecule has 11 heteroatoms. The van der Waals surface area contributed by atoms with E-state index in [1.165, 1.54) is 24.4 Å². The third-order valence-corrected chi connectivity index (χ3v) is 6.67. The van der Waals surface area contributed by atoms with Gasteiger partial charge in [0.15, 0.2) is 18.0 Å². The van der Waals surface area contributed by atoms with E-state index in [0.717, 1.165) is 11.5 Å². The molecule has 1 amide bonds. The molecule has 4 aromatic rings. The average molecular weight is 572 g/mol. The lowest BCUT2D eigenvalue weighted by atomic mass is 9.98. The second kappa shape index (κ2) is 12.1. The van der Waals surface area contributed by atoms with Crippen molar-refractivity contribution >= 4 is 23.7 Å². The first-order valence-electron chi connectivity index (χ1n) is 13.0. The molecule has 1 aliphatic rings. The Balaban J connectivity index is 1.39. The highest BCUT2D eigenvalue weighted by Crippen LogP contribution is 2.43. The van der Waals surface area contributed by atoms with Crippen molar-refractivity contribution in [1.82, 2.24) is 9.55 Å². The van der Waals surface area contributed by atoms with Crippen LogP contribution in [0.15, 0.2) is 108 Å². The number of halogens is 1. The van der Waals surface area contributed by atoms with Gasteiger partial charge in [0.05, 0.1) is 11.1 Å². The quantitative estimate of drug-likeness (QED) is 0.312. The third-order valence-electron chi connectivity index (χ3n) is 6.67. The number of nitrogens with one attached hydrogen (secondary N) is 1. The number of nitrogens with zero attached hydrogens (tertiary/aromatic N) is 2. The van der Waals surface area contributed by atoms with Crippen LogP contribution < -0.4 is 11.0 Å². The molecular weight excluding hydrogens is 545 g/mol. The van der Waals surface area contributed by atoms with Gasteiger partial charge in [0.1, 0.15) is 18.5 Å². The van der Waals surface area contributed by atoms with Gasteiger partial charge in [0, 0.05) is 11.8 Å². The Kier molecular flexibility index (Phi) is 8.21. The molecule has 1 fully saturated rings. The van der Waals surface area contributed by atoms with E-state index in [0.29, 0.717) is 5.56 Å². The van der Waals surface area contributed by atoms with Crippen molar-refractivity contribution < 1.29 is 33.0 Å². The van der Waals surface area contributed by atoms with Crippen LogP contribution in [0.2, 0.25) is 0 Å². The van der Waals surface area contributed by atoms with Crippen molar-refractivity contribution in [2.24, 2.45) is 0 Å². The Bertz CT molecular complexity index is 1630. The summed E-state index contributed by atoms with van der Waals surface area (Å²) in [6, 6.07) is 25.8. The minimum absolute atomic E-state index is 0.0518. The van der Waals surface area contributed by atoms with E-state index in [-0.39, 0.29) is 16.9 Å². The maximum Gasteiger partial charge on any atom is 0.351 e. The highest BCUT2D eigenvalue weighted by Gasteiger charge is 2.58. The average Bonchev–Trinajstić information content (AvgIpc) is 3.25. The van der Waals surface area contributed by atoms with Crippen molar-refractivity contribution in [1.29, 1.82) is 0 Å². The second-order valence-corrected chi connectivity index (χ2v) is 9.66. The van der Waals surface area contributed by atoms with Gasteiger partial charge in [-0.25, -0.2) is 18.8 Å². The molecule has 2 heterocycles. The predicted molar refractivity (Wildman–Crippen MR) is 149 cm³/mol. The summed E-state index contributed by atoms with van der Waals surface area (Å²) in [7, 11) is 0. The molecule has 0 aliphatic carbocycles. The van der Waals surface area contributed by atoms with Gasteiger partial charge in [-0.3, -0.25) is 9.36 Å². The summed E-state index contributed by atoms with van der Waals surface area (Å²) in [5.74, 6) is -2.05. The van der Waals surface area contributed by atoms with E-state index in [9.17, 15) is 19.2 Å². The number of amides is 1. The molecule has 0 radical (unpaired) electrons. The van der Waals surface area contributed by atoms with Gasteiger partial charge in [-0.05, 0) is 49.4 Å². The predicted octanol–water partition coefficient (Wildman–Crippen LogP) is 4.20. The maximum absolute atomic E-state index is 16.5. The van der Waals surface area contributed by atoms with Crippen LogP contribution in [0.4, 0.5) is 10.2 Å². The summed E-state index contributed by atoms with van der Waals surface area (Å²) in [6.45, 7) is 0.654. The summed E-state index contributed by atoms with van der Waals surface area (Å²) in [5.41, 5.74) is -2.59. The lowest BCUT2D eigenvalue weighted by Gasteiger charge is -2.27. The normalized spacial score (nSPS) is 21.3. The van der Waals surface area contributed by atoms with Crippen LogP contribution in [0, 0.1) is 0 Å². The lowest BCUT2D eigenvalue weighted by molar-refractivity contribution is -0.0648. The van der Waals surface area contributed by atoms with E-state index >= 15 is 4.39 Å². The number of esters is 2. The van der Waals surface area contributed by atoms with E-state index in [4.69, 9.17) is 14.2 Å². The fraction of sp³-hybridized carbons (Fsp3) is 0.194. The fourth-order valence-electron chi connectivity index (χ4n) is 4.54. The van der Waals surface area contributed by atoms with Crippen molar-refractivity contribution in [3.05, 3.63) is 130 Å². The van der Waals surface area contributed by atoms with Gasteiger partial charge in [-0.1, -0.05) is 54.6 Å². The van der Waals surface area contributed by atoms with E-state index in [1.54, 1.807) is 78.9 Å². The first-order valence-corrected chi connectivity index (χ1v) is 13.0. The second-order valence-electron chi connectivity index (χ2n) is 9.66. The van der Waals surface area contributed by atoms with Gasteiger partial charge in [0.25, 0.3) is 5.91 Å². The van der Waals surface area contributed by atoms with Crippen LogP contribution in [0.3, 0.4) is 0 Å². The van der Waals surface area contributed by atoms with E-state index < -0.39 is 54.2 Å². The molecule has 3 aromatic carbocycles. The molecule has 0 bridgehead atoms. The number of carbonyl (C=O) groups excluding carboxylic acids is 3. The minimum Gasteiger partial charge on any atom is -0.459 e. The maximum atomic E-state index is 16.5. The van der Waals surface area contributed by atoms with E-state index in [2.05, 4.69) is 10.3 Å². The highest BCUT2D eigenvalue weighted by molar-refractivity contribution is 6.03. The summed E-state index contributed by atoms with van der Waals surface area (Å²) in [6.07, 6.45) is -3.23. The molecule has 1 aromatic heterocycles. The van der Waals surface area contributed by atoms with Crippen molar-refractivity contribution in [2.45, 2.75) is 31.0 Å². The SMILES string of the molecule is C[C@]1(F)[C@@H](OC(=O)c2ccccc2)[C@H](COC(=O)c2ccccc2)O[C@H]1n1ccc(NC(=O)c2ccccc2)nc1=O. The zero-order valence-corrected chi connectivity index (χ0v) is 22.4. The van der Waals surface area contributed by atoms with Gasteiger partial charge >= 0.3 is 17.6 Å². The Morgan fingerprint density at radius 2 is 1.43 bits per heavy atom. The summed E-state index contributed by atoms with van der Waals surface area (Å²) < 4.78 is 34.2. The summed E-state index contributed by atoms with van der Waals surface area (Å²) in [5, 5.41) is 2.52. The summed E-state index contributed by atoms with van der Waals surface area (Å²) >= 11 is 0. The number of anilines is 1. The number of ether oxygens (including phenoxy) is 3. The first kappa shape index (κ1) is 28.4. The van der Waals surface area contributed by atoms with Gasteiger partial charge in [0.2, 0.25) is 0 Å². The van der Waals surface area contributed by atoms with Gasteiger partial charge < -0.3 is 19.5 Å². The van der Waals surface area contributed by atoms with Crippen LogP contribution in [0.5, 0.6) is 0 Å². The minimum atomic E-state index is -2.46. The monoisotopic (exact) mass is 571 g/mol. The number of rotatable bonds is 8. The molecule has 10 nitrogen and oxygen atoms in total. The third kappa shape index (κ3) is 6.11. The van der Waals surface area contributed by atoms with Crippen LogP contribution in [-0.4, -0.2) is 51.9 Å². The Morgan fingerprint density at radius 1 is 0.881 bits per heavy atom. The smallest absolute Gasteiger partial charge is 0.351 e. The Hall–Kier alpha value is -5.16. The molecule has 1 saturated heterocycles. The molecule has 214 valence electrons. The standard InChI is InChI=1S/C31H26FN3O7/c1-31(32)25(42-28(38)22-15-9-4-10-16-22)23(19-40-27(37)21-13-7-3-8-14-21)41-29(31)35-18-17-24(34-30(35)39)33-26(36)20-11-5-2-6-12-20/h2-18,23,25,29H,19H2,1H3,(H,33,34,36,39)/t23-,25-,29+,31-/m0/s1. The Labute approximate surface area is 239 Å². The zero-order chi connectivity index (χ0) is 29.7. The molecule has 1 aliphatic heterocycles. The Morgan fingerprint density at radius 3 is 2.00 bits per heavy atom. The molecule has 4 atom stereocenters. The molecular formula is C31H26FN3O7. The van der Waals surface area contributed by atoms with Crippen LogP contribution in [0.1, 0.15) is 44.2 Å². The number of hydrogen-bond donors (Lipinski definition) is 1. The highest BCUT2D eigenvalue weighted by atomic mass is 19.1. The number of aromatic nitrogens is 2. The number of hydrogen-bond acceptors (Lipinski definition) is 8. The largest absolute Gasteiger partial charge is 0.459 e. The molecule has 42 heavy (non-hydrogen) atoms. The van der Waals surface area contributed by atoms with Crippen LogP contribution in [0.25, 0.3) is 0 Å². The van der Waals surface area contributed by atoms with Crippen LogP contribution in [-0.2, 0) is 14.2 Å². The fourth-order valence-corrected chi connectivity index (χ4v) is 4.54. The van der Waals surface area contributed by atoms with Crippen molar-refractivity contribution in [3.63, 3.8) is 0 Å². The van der Waals surface area contributed by atoms with Gasteiger partial charge in [-0.15, -0.1) is 0 Å². The van der Waals surface area contributed by atoms with Crippen molar-refractivity contribution in [3.8, 4) is 0 Å². The summed E-state index contributed by atoms with van der Waals surface area (Å²) in [4.78, 5) is 54.8. The molecule has 0 spiro atoms. The number of benzene rings is 3. The van der Waals surface area contributed by atoms with Crippen molar-refractivity contribution in [2.75, 3.05) is 11.9 Å². The van der Waals surface area contributed by atoms with E-state index in [1.807, 2.05) is 0 Å². The topological polar surface area (TPSA) is 126 Å². The molecule has 0 saturated carbocycles. The number of alkyl halides is 1. The molecule has 0 unspecified atom stereocenters. The van der Waals surface area contributed by atoms with Gasteiger partial charge in [-0.2, -0.15) is 4.98 Å². The molecule has 1 N–H and O–H groups in total.